The Morgan fingerprint density at radius 2 is 2.06 bits per heavy atom. The van der Waals surface area contributed by atoms with E-state index in [-0.39, 0.29) is 16.3 Å². The minimum Gasteiger partial charge on any atom is -0.477 e. The summed E-state index contributed by atoms with van der Waals surface area (Å²) in [6.45, 7) is 1.81. The maximum absolute atomic E-state index is 13.5. The number of carbonyl (C=O) groups excluding carboxylic acids is 2. The van der Waals surface area contributed by atoms with Crippen LogP contribution in [0.1, 0.15) is 15.4 Å². The number of carboxylic acid groups (broad SMARTS) is 1. The van der Waals surface area contributed by atoms with Crippen LogP contribution in [0.3, 0.4) is 0 Å². The number of rotatable bonds is 6. The molecule has 0 radical (unpaired) electrons. The number of aromatic nitrogens is 2. The molecule has 3 heterocycles. The normalized spacial score (nSPS) is 20.1. The van der Waals surface area contributed by atoms with Crippen molar-refractivity contribution in [1.29, 1.82) is 0 Å². The van der Waals surface area contributed by atoms with E-state index in [2.05, 4.69) is 15.5 Å². The Morgan fingerprint density at radius 1 is 1.34 bits per heavy atom. The molecule has 168 valence electrons. The number of thioether (sulfide) groups is 2. The summed E-state index contributed by atoms with van der Waals surface area (Å²) in [7, 11) is 0. The van der Waals surface area contributed by atoms with Crippen LogP contribution in [-0.4, -0.2) is 60.9 Å². The van der Waals surface area contributed by atoms with Crippen LogP contribution in [0.25, 0.3) is 0 Å². The van der Waals surface area contributed by atoms with E-state index in [1.807, 2.05) is 6.92 Å². The summed E-state index contributed by atoms with van der Waals surface area (Å²) in [5.74, 6) is -4.52. The molecule has 0 unspecified atom stereocenters. The molecule has 2 aliphatic heterocycles. The van der Waals surface area contributed by atoms with Crippen LogP contribution in [0.4, 0.5) is 8.78 Å². The molecule has 1 saturated heterocycles. The number of hydrogen-bond acceptors (Lipinski definition) is 8. The lowest BCUT2D eigenvalue weighted by Gasteiger charge is -2.49. The number of nitrogens with zero attached hydrogens (tertiary/aromatic N) is 3. The summed E-state index contributed by atoms with van der Waals surface area (Å²) in [6, 6.07) is 0.297. The highest BCUT2D eigenvalue weighted by Crippen LogP contribution is 2.42. The van der Waals surface area contributed by atoms with E-state index in [1.54, 1.807) is 0 Å². The number of nitrogens with one attached hydrogen (secondary N) is 1. The third kappa shape index (κ3) is 4.21. The van der Waals surface area contributed by atoms with E-state index >= 15 is 0 Å². The second kappa shape index (κ2) is 8.96. The Labute approximate surface area is 197 Å². The Hall–Kier alpha value is -2.22. The quantitative estimate of drug-likeness (QED) is 0.341. The molecule has 1 aromatic heterocycles. The molecule has 1 fully saturated rings. The Kier molecular flexibility index (Phi) is 6.43. The molecular weight excluding hydrogens is 506 g/mol. The predicted molar refractivity (Wildman–Crippen MR) is 116 cm³/mol. The van der Waals surface area contributed by atoms with Crippen LogP contribution in [0, 0.1) is 18.6 Å². The van der Waals surface area contributed by atoms with Gasteiger partial charge in [0.2, 0.25) is 0 Å². The molecule has 0 saturated carbocycles. The van der Waals surface area contributed by atoms with E-state index in [4.69, 9.17) is 11.6 Å². The maximum Gasteiger partial charge on any atom is 0.352 e. The Balaban J connectivity index is 1.50. The van der Waals surface area contributed by atoms with Gasteiger partial charge in [0.25, 0.3) is 11.8 Å². The summed E-state index contributed by atoms with van der Waals surface area (Å²) in [5.41, 5.74) is 0.110. The van der Waals surface area contributed by atoms with Crippen molar-refractivity contribution in [2.24, 2.45) is 0 Å². The van der Waals surface area contributed by atoms with E-state index in [0.717, 1.165) is 9.91 Å². The zero-order valence-electron chi connectivity index (χ0n) is 16.1. The number of β-lactam (4-membered cyclic amide) rings is 1. The molecule has 2 amide bonds. The highest BCUT2D eigenvalue weighted by molar-refractivity contribution is 8.01. The predicted octanol–water partition coefficient (Wildman–Crippen LogP) is 2.92. The first-order valence-corrected chi connectivity index (χ1v) is 12.2. The van der Waals surface area contributed by atoms with Crippen molar-refractivity contribution in [3.8, 4) is 0 Å². The lowest BCUT2D eigenvalue weighted by atomic mass is 10.0. The number of aliphatic carboxylic acids is 1. The fourth-order valence-corrected chi connectivity index (χ4v) is 6.73. The second-order valence-electron chi connectivity index (χ2n) is 6.74. The Bertz CT molecular complexity index is 1180. The van der Waals surface area contributed by atoms with Gasteiger partial charge >= 0.3 is 5.97 Å². The summed E-state index contributed by atoms with van der Waals surface area (Å²) in [5, 5.41) is 19.9. The van der Waals surface area contributed by atoms with E-state index < -0.39 is 40.8 Å². The van der Waals surface area contributed by atoms with Crippen LogP contribution in [0.15, 0.2) is 27.7 Å². The number of hydrogen-bond donors (Lipinski definition) is 2. The zero-order chi connectivity index (χ0) is 23.2. The van der Waals surface area contributed by atoms with Crippen molar-refractivity contribution in [1.82, 2.24) is 20.4 Å². The smallest absolute Gasteiger partial charge is 0.352 e. The molecule has 2 N–H and O–H groups in total. The fraction of sp³-hybridized carbons (Fsp3) is 0.278. The van der Waals surface area contributed by atoms with Gasteiger partial charge in [-0.1, -0.05) is 34.7 Å². The topological polar surface area (TPSA) is 112 Å². The molecule has 1 aromatic carbocycles. The van der Waals surface area contributed by atoms with Crippen molar-refractivity contribution in [2.45, 2.75) is 22.7 Å². The number of benzene rings is 1. The number of fused-ring (bicyclic) bond motifs is 1. The van der Waals surface area contributed by atoms with Crippen LogP contribution in [0.5, 0.6) is 0 Å². The van der Waals surface area contributed by atoms with Crippen molar-refractivity contribution in [2.75, 3.05) is 11.5 Å². The average Bonchev–Trinajstić information content (AvgIpc) is 3.17. The van der Waals surface area contributed by atoms with Gasteiger partial charge in [0.1, 0.15) is 22.1 Å². The molecule has 8 nitrogen and oxygen atoms in total. The van der Waals surface area contributed by atoms with Crippen LogP contribution < -0.4 is 5.32 Å². The average molecular weight is 519 g/mol. The number of aryl methyl sites for hydroxylation is 1. The molecular formula is C18H13ClF2N4O4S3. The highest BCUT2D eigenvalue weighted by Gasteiger charge is 2.54. The lowest BCUT2D eigenvalue weighted by molar-refractivity contribution is -0.148. The first-order valence-electron chi connectivity index (χ1n) is 8.95. The first kappa shape index (κ1) is 23.0. The molecule has 2 aromatic rings. The standard InChI is InChI=1S/C18H13ClF2N4O4S3/c1-6-23-24-18(32-6)31-5-7-4-30-16-12(15(27)25(16)13(7)17(28)29)22-14(26)8-2-10(20)11(21)3-9(8)19/h2-3,12,16H,4-5H2,1H3,(H,22,26)(H,28,29)/t12-,16+/m0/s1. The molecule has 14 heteroatoms. The monoisotopic (exact) mass is 518 g/mol. The van der Waals surface area contributed by atoms with Gasteiger partial charge in [-0.05, 0) is 24.6 Å². The summed E-state index contributed by atoms with van der Waals surface area (Å²) < 4.78 is 27.4. The third-order valence-electron chi connectivity index (χ3n) is 4.67. The first-order chi connectivity index (χ1) is 15.2. The van der Waals surface area contributed by atoms with Gasteiger partial charge < -0.3 is 10.4 Å². The largest absolute Gasteiger partial charge is 0.477 e. The number of carboxylic acids is 1. The minimum absolute atomic E-state index is 0.121. The van der Waals surface area contributed by atoms with Crippen molar-refractivity contribution in [3.63, 3.8) is 0 Å². The van der Waals surface area contributed by atoms with Crippen LogP contribution in [-0.2, 0) is 9.59 Å². The molecule has 32 heavy (non-hydrogen) atoms. The summed E-state index contributed by atoms with van der Waals surface area (Å²) in [4.78, 5) is 38.2. The highest BCUT2D eigenvalue weighted by atomic mass is 35.5. The van der Waals surface area contributed by atoms with E-state index in [1.165, 1.54) is 34.9 Å². The van der Waals surface area contributed by atoms with Gasteiger partial charge in [0, 0.05) is 11.5 Å². The van der Waals surface area contributed by atoms with Crippen molar-refractivity contribution >= 4 is 64.2 Å². The van der Waals surface area contributed by atoms with Crippen LogP contribution in [0.2, 0.25) is 5.02 Å². The van der Waals surface area contributed by atoms with E-state index in [0.29, 0.717) is 33.6 Å². The minimum atomic E-state index is -1.25. The number of carbonyl (C=O) groups is 3. The maximum atomic E-state index is 13.5. The van der Waals surface area contributed by atoms with Gasteiger partial charge in [-0.3, -0.25) is 14.5 Å². The van der Waals surface area contributed by atoms with Gasteiger partial charge in [-0.2, -0.15) is 0 Å². The van der Waals surface area contributed by atoms with Gasteiger partial charge in [-0.15, -0.1) is 22.0 Å². The van der Waals surface area contributed by atoms with Gasteiger partial charge in [0.05, 0.1) is 10.6 Å². The molecule has 0 aliphatic carbocycles. The molecule has 4 rings (SSSR count). The Morgan fingerprint density at radius 3 is 2.72 bits per heavy atom. The molecule has 2 aliphatic rings. The van der Waals surface area contributed by atoms with Crippen molar-refractivity contribution in [3.05, 3.63) is 50.6 Å². The number of halogens is 3. The zero-order valence-corrected chi connectivity index (χ0v) is 19.3. The summed E-state index contributed by atoms with van der Waals surface area (Å²) in [6.07, 6.45) is 0. The van der Waals surface area contributed by atoms with Crippen LogP contribution >= 0.6 is 46.5 Å². The fourth-order valence-electron chi connectivity index (χ4n) is 3.20. The van der Waals surface area contributed by atoms with Crippen molar-refractivity contribution < 1.29 is 28.3 Å². The third-order valence-corrected chi connectivity index (χ3v) is 8.38. The second-order valence-corrected chi connectivity index (χ2v) is 10.7. The molecule has 0 bridgehead atoms. The number of amides is 2. The van der Waals surface area contributed by atoms with Gasteiger partial charge in [0.15, 0.2) is 16.0 Å². The van der Waals surface area contributed by atoms with Gasteiger partial charge in [-0.25, -0.2) is 13.6 Å². The SMILES string of the molecule is Cc1nnc(SCC2=C(C(=O)O)N3C(=O)[C@H](NC(=O)c4cc(F)c(F)cc4Cl)[C@H]3SC2)s1. The summed E-state index contributed by atoms with van der Waals surface area (Å²) >= 11 is 9.84. The van der Waals surface area contributed by atoms with E-state index in [9.17, 15) is 28.3 Å². The molecule has 0 spiro atoms. The molecule has 2 atom stereocenters. The lowest BCUT2D eigenvalue weighted by Crippen LogP contribution is -2.70.